The Labute approximate surface area is 163 Å². The lowest BCUT2D eigenvalue weighted by Gasteiger charge is -2.15. The first-order valence-electron chi connectivity index (χ1n) is 8.78. The topological polar surface area (TPSA) is 105 Å². The maximum atomic E-state index is 12.6. The largest absolute Gasteiger partial charge is 0.295 e. The minimum Gasteiger partial charge on any atom is -0.272 e. The normalized spacial score (nSPS) is 15.4. The van der Waals surface area contributed by atoms with Gasteiger partial charge in [0.25, 0.3) is 5.69 Å². The quantitative estimate of drug-likeness (QED) is 0.435. The van der Waals surface area contributed by atoms with Crippen molar-refractivity contribution in [2.45, 2.75) is 17.7 Å². The molecule has 0 unspecified atom stereocenters. The summed E-state index contributed by atoms with van der Waals surface area (Å²) in [5.41, 5.74) is 3.37. The number of rotatable bonds is 7. The average molecular weight is 400 g/mol. The molecule has 2 aromatic carbocycles. The number of anilines is 1. The number of nitro benzene ring substituents is 1. The Morgan fingerprint density at radius 1 is 1.11 bits per heavy atom. The molecule has 28 heavy (non-hydrogen) atoms. The zero-order valence-electron chi connectivity index (χ0n) is 15.1. The Bertz CT molecular complexity index is 998. The van der Waals surface area contributed by atoms with Crippen LogP contribution in [0.3, 0.4) is 0 Å². The average Bonchev–Trinajstić information content (AvgIpc) is 3.24. The number of nitrogens with zero attached hydrogens (tertiary/aromatic N) is 3. The van der Waals surface area contributed by atoms with Gasteiger partial charge in [-0.15, -0.1) is 0 Å². The summed E-state index contributed by atoms with van der Waals surface area (Å²) in [5, 5.41) is 15.3. The van der Waals surface area contributed by atoms with Gasteiger partial charge in [0.1, 0.15) is 5.69 Å². The van der Waals surface area contributed by atoms with Gasteiger partial charge >= 0.3 is 0 Å². The Kier molecular flexibility index (Phi) is 6.17. The van der Waals surface area contributed by atoms with Crippen LogP contribution in [0.25, 0.3) is 6.08 Å². The molecule has 0 amide bonds. The van der Waals surface area contributed by atoms with Gasteiger partial charge < -0.3 is 0 Å². The lowest BCUT2D eigenvalue weighted by molar-refractivity contribution is -0.384. The molecule has 0 saturated carbocycles. The van der Waals surface area contributed by atoms with Crippen LogP contribution in [-0.4, -0.2) is 37.0 Å². The van der Waals surface area contributed by atoms with E-state index in [4.69, 9.17) is 0 Å². The van der Waals surface area contributed by atoms with Crippen LogP contribution < -0.4 is 5.43 Å². The summed E-state index contributed by atoms with van der Waals surface area (Å²) < 4.78 is 26.6. The molecule has 1 fully saturated rings. The molecule has 8 nitrogen and oxygen atoms in total. The molecule has 0 aromatic heterocycles. The Balaban J connectivity index is 1.75. The van der Waals surface area contributed by atoms with E-state index < -0.39 is 14.9 Å². The fourth-order valence-corrected chi connectivity index (χ4v) is 4.40. The Morgan fingerprint density at radius 3 is 2.50 bits per heavy atom. The predicted octanol–water partition coefficient (Wildman–Crippen LogP) is 3.49. The van der Waals surface area contributed by atoms with Crippen LogP contribution in [0.5, 0.6) is 0 Å². The van der Waals surface area contributed by atoms with E-state index in [1.807, 2.05) is 36.4 Å². The number of nitrogens with one attached hydrogen (secondary N) is 1. The molecule has 1 aliphatic heterocycles. The molecule has 1 N–H and O–H groups in total. The molecule has 1 saturated heterocycles. The minimum absolute atomic E-state index is 0.0837. The van der Waals surface area contributed by atoms with Crippen molar-refractivity contribution in [3.8, 4) is 0 Å². The standard InChI is InChI=1S/C19H20N4O4S/c24-23(25)19-15-17(28(26,27)22-13-4-5-14-22)10-11-18(19)21-20-12-6-9-16-7-2-1-3-8-16/h1-3,6-12,15,21H,4-5,13-14H2/b9-6+,20-12-. The van der Waals surface area contributed by atoms with Crippen molar-refractivity contribution in [2.24, 2.45) is 5.10 Å². The van der Waals surface area contributed by atoms with Crippen molar-refractivity contribution < 1.29 is 13.3 Å². The molecule has 146 valence electrons. The Hall–Kier alpha value is -3.04. The number of benzene rings is 2. The highest BCUT2D eigenvalue weighted by Crippen LogP contribution is 2.30. The van der Waals surface area contributed by atoms with E-state index in [-0.39, 0.29) is 16.3 Å². The zero-order chi connectivity index (χ0) is 20.0. The summed E-state index contributed by atoms with van der Waals surface area (Å²) in [7, 11) is -3.72. The maximum absolute atomic E-state index is 12.6. The van der Waals surface area contributed by atoms with Crippen LogP contribution in [0.15, 0.2) is 64.6 Å². The van der Waals surface area contributed by atoms with Gasteiger partial charge in [-0.25, -0.2) is 8.42 Å². The Morgan fingerprint density at radius 2 is 1.82 bits per heavy atom. The number of allylic oxidation sites excluding steroid dienone is 1. The third-order valence-corrected chi connectivity index (χ3v) is 6.20. The second-order valence-corrected chi connectivity index (χ2v) is 8.14. The fraction of sp³-hybridized carbons (Fsp3) is 0.211. The molecule has 3 rings (SSSR count). The molecule has 1 aliphatic rings. The lowest BCUT2D eigenvalue weighted by atomic mass is 10.2. The first kappa shape index (κ1) is 19.7. The number of hydrazone groups is 1. The highest BCUT2D eigenvalue weighted by molar-refractivity contribution is 7.89. The van der Waals surface area contributed by atoms with Gasteiger partial charge in [0.15, 0.2) is 0 Å². The number of nitro groups is 1. The summed E-state index contributed by atoms with van der Waals surface area (Å²) in [6.07, 6.45) is 6.59. The van der Waals surface area contributed by atoms with E-state index in [1.165, 1.54) is 22.7 Å². The first-order chi connectivity index (χ1) is 13.5. The minimum atomic E-state index is -3.72. The van der Waals surface area contributed by atoms with Crippen molar-refractivity contribution in [1.82, 2.24) is 4.31 Å². The summed E-state index contributed by atoms with van der Waals surface area (Å²) in [6, 6.07) is 13.4. The molecule has 9 heteroatoms. The van der Waals surface area contributed by atoms with Crippen molar-refractivity contribution in [2.75, 3.05) is 18.5 Å². The molecule has 1 heterocycles. The number of hydrogen-bond donors (Lipinski definition) is 1. The van der Waals surface area contributed by atoms with Crippen molar-refractivity contribution >= 4 is 33.7 Å². The molecule has 0 radical (unpaired) electrons. The van der Waals surface area contributed by atoms with E-state index in [1.54, 1.807) is 6.08 Å². The number of hydrogen-bond acceptors (Lipinski definition) is 6. The first-order valence-corrected chi connectivity index (χ1v) is 10.2. The molecule has 0 aliphatic carbocycles. The smallest absolute Gasteiger partial charge is 0.272 e. The summed E-state index contributed by atoms with van der Waals surface area (Å²) in [5.74, 6) is 0. The highest BCUT2D eigenvalue weighted by atomic mass is 32.2. The van der Waals surface area contributed by atoms with Crippen LogP contribution in [0.2, 0.25) is 0 Å². The summed E-state index contributed by atoms with van der Waals surface area (Å²) >= 11 is 0. The second-order valence-electron chi connectivity index (χ2n) is 6.21. The van der Waals surface area contributed by atoms with Crippen LogP contribution in [0.1, 0.15) is 18.4 Å². The molecule has 0 bridgehead atoms. The van der Waals surface area contributed by atoms with Gasteiger partial charge in [-0.05, 0) is 36.6 Å². The van der Waals surface area contributed by atoms with Gasteiger partial charge in [0.2, 0.25) is 10.0 Å². The van der Waals surface area contributed by atoms with E-state index >= 15 is 0 Å². The third kappa shape index (κ3) is 4.62. The summed E-state index contributed by atoms with van der Waals surface area (Å²) in [6.45, 7) is 0.877. The van der Waals surface area contributed by atoms with Crippen molar-refractivity contribution in [3.63, 3.8) is 0 Å². The molecular formula is C19H20N4O4S. The van der Waals surface area contributed by atoms with Gasteiger partial charge in [-0.3, -0.25) is 15.5 Å². The van der Waals surface area contributed by atoms with Crippen LogP contribution in [0.4, 0.5) is 11.4 Å². The van der Waals surface area contributed by atoms with Gasteiger partial charge in [-0.1, -0.05) is 36.4 Å². The predicted molar refractivity (Wildman–Crippen MR) is 109 cm³/mol. The monoisotopic (exact) mass is 400 g/mol. The third-order valence-electron chi connectivity index (χ3n) is 4.30. The van der Waals surface area contributed by atoms with Gasteiger partial charge in [-0.2, -0.15) is 9.41 Å². The molecule has 2 aromatic rings. The van der Waals surface area contributed by atoms with Crippen molar-refractivity contribution in [3.05, 3.63) is 70.3 Å². The van der Waals surface area contributed by atoms with E-state index in [2.05, 4.69) is 10.5 Å². The second kappa shape index (κ2) is 8.77. The van der Waals surface area contributed by atoms with Crippen LogP contribution in [-0.2, 0) is 10.0 Å². The maximum Gasteiger partial charge on any atom is 0.295 e. The van der Waals surface area contributed by atoms with Gasteiger partial charge in [0.05, 0.1) is 9.82 Å². The van der Waals surface area contributed by atoms with E-state index in [0.717, 1.165) is 24.5 Å². The fourth-order valence-electron chi connectivity index (χ4n) is 2.86. The van der Waals surface area contributed by atoms with Crippen LogP contribution >= 0.6 is 0 Å². The molecule has 0 atom stereocenters. The molecule has 0 spiro atoms. The van der Waals surface area contributed by atoms with Gasteiger partial charge in [0, 0.05) is 25.4 Å². The zero-order valence-corrected chi connectivity index (χ0v) is 15.9. The van der Waals surface area contributed by atoms with Crippen molar-refractivity contribution in [1.29, 1.82) is 0 Å². The molecular weight excluding hydrogens is 380 g/mol. The SMILES string of the molecule is O=[N+]([O-])c1cc(S(=O)(=O)N2CCCC2)ccc1N/N=C\C=C\c1ccccc1. The van der Waals surface area contributed by atoms with E-state index in [0.29, 0.717) is 13.1 Å². The van der Waals surface area contributed by atoms with Crippen LogP contribution in [0, 0.1) is 10.1 Å². The lowest BCUT2D eigenvalue weighted by Crippen LogP contribution is -2.27. The van der Waals surface area contributed by atoms with E-state index in [9.17, 15) is 18.5 Å². The summed E-state index contributed by atoms with van der Waals surface area (Å²) in [4.78, 5) is 10.7. The number of sulfonamides is 1. The highest BCUT2D eigenvalue weighted by Gasteiger charge is 2.29.